The van der Waals surface area contributed by atoms with Crippen LogP contribution in [0.25, 0.3) is 10.2 Å². The van der Waals surface area contributed by atoms with Crippen molar-refractivity contribution in [3.05, 3.63) is 40.3 Å². The van der Waals surface area contributed by atoms with Crippen LogP contribution in [-0.2, 0) is 11.2 Å². The van der Waals surface area contributed by atoms with E-state index in [9.17, 15) is 4.79 Å². The lowest BCUT2D eigenvalue weighted by Gasteiger charge is -2.00. The SMILES string of the molecule is Cc1cc(C)c2nc(NC(=O)Cc3c(C)noc3C)sc2c1. The van der Waals surface area contributed by atoms with E-state index in [1.54, 1.807) is 0 Å². The second-order valence-corrected chi connectivity index (χ2v) is 6.51. The predicted octanol–water partition coefficient (Wildman–Crippen LogP) is 3.70. The molecule has 1 amide bonds. The summed E-state index contributed by atoms with van der Waals surface area (Å²) >= 11 is 1.49. The van der Waals surface area contributed by atoms with Crippen molar-refractivity contribution in [2.75, 3.05) is 5.32 Å². The van der Waals surface area contributed by atoms with Gasteiger partial charge >= 0.3 is 0 Å². The lowest BCUT2D eigenvalue weighted by Crippen LogP contribution is -2.14. The molecule has 2 heterocycles. The van der Waals surface area contributed by atoms with Crippen LogP contribution in [-0.4, -0.2) is 16.0 Å². The molecule has 6 heteroatoms. The maximum absolute atomic E-state index is 12.2. The summed E-state index contributed by atoms with van der Waals surface area (Å²) in [6.07, 6.45) is 0.245. The van der Waals surface area contributed by atoms with Gasteiger partial charge in [0.25, 0.3) is 0 Å². The molecule has 0 radical (unpaired) electrons. The fourth-order valence-corrected chi connectivity index (χ4v) is 3.56. The first kappa shape index (κ1) is 14.7. The van der Waals surface area contributed by atoms with Crippen molar-refractivity contribution in [3.8, 4) is 0 Å². The van der Waals surface area contributed by atoms with Gasteiger partial charge in [-0.1, -0.05) is 22.6 Å². The van der Waals surface area contributed by atoms with E-state index in [-0.39, 0.29) is 12.3 Å². The summed E-state index contributed by atoms with van der Waals surface area (Å²) in [5.41, 5.74) is 4.86. The number of hydrogen-bond donors (Lipinski definition) is 1. The van der Waals surface area contributed by atoms with Crippen LogP contribution in [0, 0.1) is 27.7 Å². The normalized spacial score (nSPS) is 11.1. The number of anilines is 1. The van der Waals surface area contributed by atoms with Gasteiger partial charge in [0.05, 0.1) is 22.3 Å². The van der Waals surface area contributed by atoms with Gasteiger partial charge in [0.1, 0.15) is 5.76 Å². The van der Waals surface area contributed by atoms with Gasteiger partial charge < -0.3 is 9.84 Å². The zero-order valence-corrected chi connectivity index (χ0v) is 13.8. The number of thiazole rings is 1. The molecule has 0 bridgehead atoms. The van der Waals surface area contributed by atoms with Crippen LogP contribution in [0.4, 0.5) is 5.13 Å². The van der Waals surface area contributed by atoms with E-state index in [0.29, 0.717) is 10.9 Å². The third kappa shape index (κ3) is 2.74. The van der Waals surface area contributed by atoms with Crippen molar-refractivity contribution in [1.29, 1.82) is 0 Å². The highest BCUT2D eigenvalue weighted by molar-refractivity contribution is 7.22. The maximum atomic E-state index is 12.2. The smallest absolute Gasteiger partial charge is 0.230 e. The summed E-state index contributed by atoms with van der Waals surface area (Å²) in [5.74, 6) is 0.575. The lowest BCUT2D eigenvalue weighted by molar-refractivity contribution is -0.115. The zero-order chi connectivity index (χ0) is 15.9. The van der Waals surface area contributed by atoms with E-state index in [2.05, 4.69) is 34.5 Å². The van der Waals surface area contributed by atoms with Crippen molar-refractivity contribution in [2.24, 2.45) is 0 Å². The molecule has 1 aromatic carbocycles. The van der Waals surface area contributed by atoms with Crippen molar-refractivity contribution >= 4 is 32.6 Å². The summed E-state index contributed by atoms with van der Waals surface area (Å²) in [4.78, 5) is 16.7. The first-order valence-electron chi connectivity index (χ1n) is 7.03. The van der Waals surface area contributed by atoms with Gasteiger partial charge in [0.2, 0.25) is 5.91 Å². The van der Waals surface area contributed by atoms with E-state index in [1.165, 1.54) is 16.9 Å². The third-order valence-corrected chi connectivity index (χ3v) is 4.51. The monoisotopic (exact) mass is 315 g/mol. The molecule has 0 unspecified atom stereocenters. The molecule has 0 atom stereocenters. The van der Waals surface area contributed by atoms with E-state index >= 15 is 0 Å². The Kier molecular flexibility index (Phi) is 3.70. The van der Waals surface area contributed by atoms with Crippen molar-refractivity contribution in [3.63, 3.8) is 0 Å². The largest absolute Gasteiger partial charge is 0.361 e. The average Bonchev–Trinajstić information content (AvgIpc) is 2.96. The molecular weight excluding hydrogens is 298 g/mol. The molecule has 0 saturated carbocycles. The van der Waals surface area contributed by atoms with Crippen LogP contribution in [0.2, 0.25) is 0 Å². The number of amides is 1. The van der Waals surface area contributed by atoms with Gasteiger partial charge in [0.15, 0.2) is 5.13 Å². The predicted molar refractivity (Wildman–Crippen MR) is 87.4 cm³/mol. The Morgan fingerprint density at radius 1 is 1.27 bits per heavy atom. The second kappa shape index (κ2) is 5.53. The van der Waals surface area contributed by atoms with E-state index < -0.39 is 0 Å². The number of benzene rings is 1. The lowest BCUT2D eigenvalue weighted by atomic mass is 10.1. The molecule has 0 fully saturated rings. The minimum atomic E-state index is -0.108. The summed E-state index contributed by atoms with van der Waals surface area (Å²) in [6, 6.07) is 4.18. The molecule has 3 rings (SSSR count). The highest BCUT2D eigenvalue weighted by atomic mass is 32.1. The topological polar surface area (TPSA) is 68.0 Å². The van der Waals surface area contributed by atoms with Gasteiger partial charge in [-0.15, -0.1) is 0 Å². The quantitative estimate of drug-likeness (QED) is 0.800. The standard InChI is InChI=1S/C16H17N3O2S/c1-8-5-9(2)15-13(6-8)22-16(18-15)17-14(20)7-12-10(3)19-21-11(12)4/h5-6H,7H2,1-4H3,(H,17,18,20). The maximum Gasteiger partial charge on any atom is 0.230 e. The number of hydrogen-bond acceptors (Lipinski definition) is 5. The van der Waals surface area contributed by atoms with Crippen LogP contribution in [0.3, 0.4) is 0 Å². The summed E-state index contributed by atoms with van der Waals surface area (Å²) < 4.78 is 6.17. The minimum absolute atomic E-state index is 0.108. The second-order valence-electron chi connectivity index (χ2n) is 5.48. The molecule has 0 spiro atoms. The number of fused-ring (bicyclic) bond motifs is 1. The average molecular weight is 315 g/mol. The molecule has 114 valence electrons. The fourth-order valence-electron chi connectivity index (χ4n) is 2.50. The van der Waals surface area contributed by atoms with E-state index in [4.69, 9.17) is 4.52 Å². The van der Waals surface area contributed by atoms with Crippen LogP contribution in [0.1, 0.15) is 28.1 Å². The van der Waals surface area contributed by atoms with Gasteiger partial charge in [0, 0.05) is 5.56 Å². The van der Waals surface area contributed by atoms with Gasteiger partial charge in [-0.2, -0.15) is 0 Å². The number of carbonyl (C=O) groups is 1. The Balaban J connectivity index is 1.81. The highest BCUT2D eigenvalue weighted by Gasteiger charge is 2.15. The Bertz CT molecular complexity index is 844. The number of nitrogens with one attached hydrogen (secondary N) is 1. The Hall–Kier alpha value is -2.21. The van der Waals surface area contributed by atoms with Gasteiger partial charge in [-0.3, -0.25) is 4.79 Å². The van der Waals surface area contributed by atoms with Crippen LogP contribution < -0.4 is 5.32 Å². The molecule has 1 N–H and O–H groups in total. The van der Waals surface area contributed by atoms with E-state index in [0.717, 1.165) is 27.0 Å². The molecular formula is C16H17N3O2S. The van der Waals surface area contributed by atoms with Crippen molar-refractivity contribution in [2.45, 2.75) is 34.1 Å². The number of aryl methyl sites for hydroxylation is 4. The molecule has 0 saturated heterocycles. The first-order chi connectivity index (χ1) is 10.4. The number of nitrogens with zero attached hydrogens (tertiary/aromatic N) is 2. The minimum Gasteiger partial charge on any atom is -0.361 e. The summed E-state index contributed by atoms with van der Waals surface area (Å²) in [5, 5.41) is 7.36. The number of rotatable bonds is 3. The molecule has 0 aliphatic rings. The molecule has 3 aromatic rings. The third-order valence-electron chi connectivity index (χ3n) is 3.59. The van der Waals surface area contributed by atoms with E-state index in [1.807, 2.05) is 20.8 Å². The van der Waals surface area contributed by atoms with Crippen LogP contribution >= 0.6 is 11.3 Å². The van der Waals surface area contributed by atoms with Crippen molar-refractivity contribution < 1.29 is 9.32 Å². The fraction of sp³-hybridized carbons (Fsp3) is 0.312. The molecule has 2 aromatic heterocycles. The molecule has 0 aliphatic heterocycles. The van der Waals surface area contributed by atoms with Gasteiger partial charge in [-0.25, -0.2) is 4.98 Å². The Labute approximate surface area is 132 Å². The van der Waals surface area contributed by atoms with Crippen molar-refractivity contribution in [1.82, 2.24) is 10.1 Å². The molecule has 22 heavy (non-hydrogen) atoms. The Morgan fingerprint density at radius 2 is 2.05 bits per heavy atom. The van der Waals surface area contributed by atoms with Crippen LogP contribution in [0.15, 0.2) is 16.7 Å². The van der Waals surface area contributed by atoms with Crippen LogP contribution in [0.5, 0.6) is 0 Å². The number of carbonyl (C=O) groups excluding carboxylic acids is 1. The Morgan fingerprint density at radius 3 is 2.73 bits per heavy atom. The molecule has 0 aliphatic carbocycles. The summed E-state index contributed by atoms with van der Waals surface area (Å²) in [7, 11) is 0. The van der Waals surface area contributed by atoms with Gasteiger partial charge in [-0.05, 0) is 44.9 Å². The highest BCUT2D eigenvalue weighted by Crippen LogP contribution is 2.29. The zero-order valence-electron chi connectivity index (χ0n) is 13.0. The summed E-state index contributed by atoms with van der Waals surface area (Å²) in [6.45, 7) is 7.74. The molecule has 5 nitrogen and oxygen atoms in total. The first-order valence-corrected chi connectivity index (χ1v) is 7.85. The number of aromatic nitrogens is 2.